The van der Waals surface area contributed by atoms with Crippen molar-refractivity contribution in [3.05, 3.63) is 120 Å². The lowest BCUT2D eigenvalue weighted by Gasteiger charge is -2.11. The Kier molecular flexibility index (Phi) is 14.8. The number of nitrogens with two attached hydrogens (primary N) is 2. The van der Waals surface area contributed by atoms with Crippen molar-refractivity contribution in [3.63, 3.8) is 0 Å². The number of carbonyl (C=O) groups is 3. The van der Waals surface area contributed by atoms with Crippen LogP contribution in [-0.4, -0.2) is 41.2 Å². The van der Waals surface area contributed by atoms with Gasteiger partial charge in [-0.25, -0.2) is 14.4 Å². The molecule has 0 aliphatic rings. The van der Waals surface area contributed by atoms with Crippen molar-refractivity contribution in [2.75, 3.05) is 24.3 Å². The SMILES string of the molecule is CCOC(=O)c1ccccc1N.CCOC(=O)c1ccccc1NC(=O)NCc1ccncc1.NCc1ccncc1. The number of benzene rings is 2. The molecule has 6 N–H and O–H groups in total. The quantitative estimate of drug-likeness (QED) is 0.174. The maximum Gasteiger partial charge on any atom is 0.340 e. The van der Waals surface area contributed by atoms with Crippen molar-refractivity contribution in [2.45, 2.75) is 26.9 Å². The average Bonchev–Trinajstić information content (AvgIpc) is 3.02. The van der Waals surface area contributed by atoms with Crippen LogP contribution in [0.3, 0.4) is 0 Å². The first-order chi connectivity index (χ1) is 20.4. The topological polar surface area (TPSA) is 172 Å². The number of para-hydroxylation sites is 2. The highest BCUT2D eigenvalue weighted by Crippen LogP contribution is 2.16. The molecule has 42 heavy (non-hydrogen) atoms. The van der Waals surface area contributed by atoms with E-state index < -0.39 is 12.0 Å². The van der Waals surface area contributed by atoms with Crippen molar-refractivity contribution in [2.24, 2.45) is 5.73 Å². The van der Waals surface area contributed by atoms with Gasteiger partial charge in [0.2, 0.25) is 0 Å². The Morgan fingerprint density at radius 2 is 1.21 bits per heavy atom. The molecule has 0 aliphatic carbocycles. The van der Waals surface area contributed by atoms with Crippen LogP contribution >= 0.6 is 0 Å². The van der Waals surface area contributed by atoms with Gasteiger partial charge in [0.05, 0.1) is 30.0 Å². The molecule has 0 spiro atoms. The van der Waals surface area contributed by atoms with E-state index >= 15 is 0 Å². The second-order valence-electron chi connectivity index (χ2n) is 8.30. The summed E-state index contributed by atoms with van der Waals surface area (Å²) in [6.45, 7) is 5.11. The molecule has 2 aromatic carbocycles. The number of esters is 2. The highest BCUT2D eigenvalue weighted by Gasteiger charge is 2.13. The van der Waals surface area contributed by atoms with E-state index in [0.29, 0.717) is 42.2 Å². The van der Waals surface area contributed by atoms with Gasteiger partial charge in [0, 0.05) is 43.6 Å². The minimum Gasteiger partial charge on any atom is -0.462 e. The molecule has 4 rings (SSSR count). The van der Waals surface area contributed by atoms with Crippen LogP contribution in [0.5, 0.6) is 0 Å². The number of anilines is 2. The molecule has 4 aromatic rings. The third-order valence-electron chi connectivity index (χ3n) is 5.31. The predicted octanol–water partition coefficient (Wildman–Crippen LogP) is 4.57. The number of aromatic nitrogens is 2. The minimum atomic E-state index is -0.465. The zero-order valence-corrected chi connectivity index (χ0v) is 23.7. The molecule has 220 valence electrons. The van der Waals surface area contributed by atoms with Gasteiger partial charge in [0.1, 0.15) is 0 Å². The fraction of sp³-hybridized carbons (Fsp3) is 0.194. The second-order valence-corrected chi connectivity index (χ2v) is 8.30. The number of ether oxygens (including phenoxy) is 2. The van der Waals surface area contributed by atoms with E-state index in [-0.39, 0.29) is 12.6 Å². The Hall–Kier alpha value is -5.29. The number of urea groups is 1. The van der Waals surface area contributed by atoms with E-state index in [1.54, 1.807) is 87.2 Å². The summed E-state index contributed by atoms with van der Waals surface area (Å²) in [6.07, 6.45) is 6.79. The first-order valence-corrected chi connectivity index (χ1v) is 13.2. The Labute approximate surface area is 245 Å². The summed E-state index contributed by atoms with van der Waals surface area (Å²) < 4.78 is 9.75. The molecule has 0 bridgehead atoms. The van der Waals surface area contributed by atoms with Gasteiger partial charge < -0.3 is 31.6 Å². The van der Waals surface area contributed by atoms with Crippen LogP contribution < -0.4 is 22.1 Å². The molecule has 0 atom stereocenters. The maximum absolute atomic E-state index is 11.9. The van der Waals surface area contributed by atoms with Gasteiger partial charge in [-0.05, 0) is 73.5 Å². The lowest BCUT2D eigenvalue weighted by Crippen LogP contribution is -2.29. The van der Waals surface area contributed by atoms with Crippen LogP contribution in [0.1, 0.15) is 45.7 Å². The number of rotatable bonds is 8. The van der Waals surface area contributed by atoms with Gasteiger partial charge in [-0.1, -0.05) is 24.3 Å². The first-order valence-electron chi connectivity index (χ1n) is 13.2. The Morgan fingerprint density at radius 1 is 0.714 bits per heavy atom. The van der Waals surface area contributed by atoms with E-state index in [0.717, 1.165) is 11.1 Å². The fourth-order valence-electron chi connectivity index (χ4n) is 3.24. The van der Waals surface area contributed by atoms with Crippen LogP contribution in [-0.2, 0) is 22.6 Å². The molecule has 0 fully saturated rings. The highest BCUT2D eigenvalue weighted by molar-refractivity contribution is 6.00. The standard InChI is InChI=1S/C16H17N3O3.C9H11NO2.C6H8N2/c1-2-22-15(20)13-5-3-4-6-14(13)19-16(21)18-11-12-7-9-17-10-8-12;1-2-12-9(11)7-5-3-4-6-8(7)10;7-5-6-1-3-8-4-2-6/h3-10H,2,11H2,1H3,(H2,18,19,21);3-6H,2,10H2,1H3;1-4H,5,7H2. The second kappa shape index (κ2) is 18.9. The van der Waals surface area contributed by atoms with Crippen molar-refractivity contribution in [1.82, 2.24) is 15.3 Å². The monoisotopic (exact) mass is 572 g/mol. The third-order valence-corrected chi connectivity index (χ3v) is 5.31. The zero-order chi connectivity index (χ0) is 30.6. The number of hydrogen-bond donors (Lipinski definition) is 4. The molecule has 2 heterocycles. The Bertz CT molecular complexity index is 1390. The first kappa shape index (κ1) is 32.9. The van der Waals surface area contributed by atoms with Gasteiger partial charge in [0.15, 0.2) is 0 Å². The van der Waals surface area contributed by atoms with Crippen LogP contribution in [0, 0.1) is 0 Å². The summed E-state index contributed by atoms with van der Waals surface area (Å²) in [5.41, 5.74) is 14.5. The molecule has 0 saturated carbocycles. The van der Waals surface area contributed by atoms with Crippen LogP contribution in [0.15, 0.2) is 97.6 Å². The van der Waals surface area contributed by atoms with E-state index in [9.17, 15) is 14.4 Å². The summed E-state index contributed by atoms with van der Waals surface area (Å²) in [7, 11) is 0. The number of hydrogen-bond acceptors (Lipinski definition) is 9. The van der Waals surface area contributed by atoms with Gasteiger partial charge in [0.25, 0.3) is 0 Å². The highest BCUT2D eigenvalue weighted by atomic mass is 16.5. The molecular weight excluding hydrogens is 536 g/mol. The molecule has 2 aromatic heterocycles. The Morgan fingerprint density at radius 3 is 1.74 bits per heavy atom. The maximum atomic E-state index is 11.9. The van der Waals surface area contributed by atoms with Crippen LogP contribution in [0.25, 0.3) is 0 Å². The zero-order valence-electron chi connectivity index (χ0n) is 23.7. The summed E-state index contributed by atoms with van der Waals surface area (Å²) in [6, 6.07) is 20.6. The number of amides is 2. The van der Waals surface area contributed by atoms with E-state index in [4.69, 9.17) is 20.9 Å². The molecular formula is C31H36N6O5. The number of nitrogens with one attached hydrogen (secondary N) is 2. The van der Waals surface area contributed by atoms with Gasteiger partial charge in [-0.3, -0.25) is 9.97 Å². The largest absolute Gasteiger partial charge is 0.462 e. The lowest BCUT2D eigenvalue weighted by atomic mass is 10.2. The van der Waals surface area contributed by atoms with Crippen LogP contribution in [0.2, 0.25) is 0 Å². The summed E-state index contributed by atoms with van der Waals surface area (Å²) in [5, 5.41) is 5.37. The van der Waals surface area contributed by atoms with E-state index in [2.05, 4.69) is 20.6 Å². The summed E-state index contributed by atoms with van der Waals surface area (Å²) in [5.74, 6) is -0.830. The normalized spacial score (nSPS) is 9.60. The van der Waals surface area contributed by atoms with Crippen molar-refractivity contribution >= 4 is 29.3 Å². The molecule has 0 saturated heterocycles. The average molecular weight is 573 g/mol. The summed E-state index contributed by atoms with van der Waals surface area (Å²) >= 11 is 0. The number of pyridine rings is 2. The number of carbonyl (C=O) groups excluding carboxylic acids is 3. The molecule has 0 radical (unpaired) electrons. The molecule has 0 unspecified atom stereocenters. The van der Waals surface area contributed by atoms with Gasteiger partial charge in [-0.15, -0.1) is 0 Å². The fourth-order valence-corrected chi connectivity index (χ4v) is 3.24. The van der Waals surface area contributed by atoms with Crippen molar-refractivity contribution < 1.29 is 23.9 Å². The predicted molar refractivity (Wildman–Crippen MR) is 161 cm³/mol. The van der Waals surface area contributed by atoms with Gasteiger partial charge in [-0.2, -0.15) is 0 Å². The minimum absolute atomic E-state index is 0.279. The smallest absolute Gasteiger partial charge is 0.340 e. The number of nitrogens with zero attached hydrogens (tertiary/aromatic N) is 2. The van der Waals surface area contributed by atoms with Crippen molar-refractivity contribution in [3.8, 4) is 0 Å². The van der Waals surface area contributed by atoms with Gasteiger partial charge >= 0.3 is 18.0 Å². The molecule has 11 nitrogen and oxygen atoms in total. The third kappa shape index (κ3) is 11.8. The molecule has 0 aliphatic heterocycles. The molecule has 11 heteroatoms. The summed E-state index contributed by atoms with van der Waals surface area (Å²) in [4.78, 5) is 42.7. The lowest BCUT2D eigenvalue weighted by molar-refractivity contribution is 0.0518. The van der Waals surface area contributed by atoms with Crippen molar-refractivity contribution in [1.29, 1.82) is 0 Å². The van der Waals surface area contributed by atoms with Crippen LogP contribution in [0.4, 0.5) is 16.2 Å². The molecule has 2 amide bonds. The van der Waals surface area contributed by atoms with E-state index in [1.165, 1.54) is 0 Å². The van der Waals surface area contributed by atoms with E-state index in [1.807, 2.05) is 24.3 Å². The number of nitrogen functional groups attached to an aromatic ring is 1. The Balaban J connectivity index is 0.000000256.